The van der Waals surface area contributed by atoms with Crippen LogP contribution in [0.5, 0.6) is 0 Å². The van der Waals surface area contributed by atoms with Crippen LogP contribution in [0.15, 0.2) is 30.3 Å². The zero-order valence-corrected chi connectivity index (χ0v) is 14.3. The lowest BCUT2D eigenvalue weighted by Crippen LogP contribution is -2.41. The van der Waals surface area contributed by atoms with Crippen molar-refractivity contribution < 1.29 is 4.79 Å². The second-order valence-electron chi connectivity index (χ2n) is 7.68. The van der Waals surface area contributed by atoms with E-state index in [2.05, 4.69) is 42.2 Å². The molecule has 2 unspecified atom stereocenters. The SMILES string of the molecule is CC1CC(c2ccccc2)CN1C(=O)CC1(CN)CCCCC1. The van der Waals surface area contributed by atoms with E-state index >= 15 is 0 Å². The fourth-order valence-electron chi connectivity index (χ4n) is 4.52. The van der Waals surface area contributed by atoms with Gasteiger partial charge in [0.2, 0.25) is 5.91 Å². The molecule has 23 heavy (non-hydrogen) atoms. The standard InChI is InChI=1S/C20H30N2O/c1-16-12-18(17-8-4-2-5-9-17)14-22(16)19(23)13-20(15-21)10-6-3-7-11-20/h2,4-5,8-9,16,18H,3,6-7,10-15,21H2,1H3. The van der Waals surface area contributed by atoms with E-state index in [1.807, 2.05) is 0 Å². The summed E-state index contributed by atoms with van der Waals surface area (Å²) in [6.45, 7) is 3.71. The van der Waals surface area contributed by atoms with Crippen molar-refractivity contribution in [3.05, 3.63) is 35.9 Å². The van der Waals surface area contributed by atoms with Crippen LogP contribution in [0.4, 0.5) is 0 Å². The lowest BCUT2D eigenvalue weighted by molar-refractivity contribution is -0.134. The summed E-state index contributed by atoms with van der Waals surface area (Å²) >= 11 is 0. The fraction of sp³-hybridized carbons (Fsp3) is 0.650. The van der Waals surface area contributed by atoms with Crippen LogP contribution in [0.25, 0.3) is 0 Å². The van der Waals surface area contributed by atoms with Crippen LogP contribution in [-0.2, 0) is 4.79 Å². The Hall–Kier alpha value is -1.35. The molecule has 1 saturated carbocycles. The number of likely N-dealkylation sites (tertiary alicyclic amines) is 1. The zero-order chi connectivity index (χ0) is 16.3. The second kappa shape index (κ2) is 7.04. The molecule has 3 rings (SSSR count). The second-order valence-corrected chi connectivity index (χ2v) is 7.68. The molecule has 3 nitrogen and oxygen atoms in total. The summed E-state index contributed by atoms with van der Waals surface area (Å²) in [4.78, 5) is 15.1. The first-order valence-corrected chi connectivity index (χ1v) is 9.18. The summed E-state index contributed by atoms with van der Waals surface area (Å²) in [5.41, 5.74) is 7.50. The van der Waals surface area contributed by atoms with Gasteiger partial charge < -0.3 is 10.6 Å². The van der Waals surface area contributed by atoms with Crippen molar-refractivity contribution in [1.29, 1.82) is 0 Å². The molecule has 0 radical (unpaired) electrons. The fourth-order valence-corrected chi connectivity index (χ4v) is 4.52. The Balaban J connectivity index is 1.65. The summed E-state index contributed by atoms with van der Waals surface area (Å²) in [6.07, 6.45) is 7.73. The predicted molar refractivity (Wildman–Crippen MR) is 94.2 cm³/mol. The molecule has 1 aromatic rings. The van der Waals surface area contributed by atoms with E-state index in [1.165, 1.54) is 24.8 Å². The van der Waals surface area contributed by atoms with Crippen molar-refractivity contribution >= 4 is 5.91 Å². The van der Waals surface area contributed by atoms with Crippen LogP contribution in [0.2, 0.25) is 0 Å². The number of benzene rings is 1. The molecule has 0 aromatic heterocycles. The first kappa shape index (κ1) is 16.5. The molecule has 2 atom stereocenters. The zero-order valence-electron chi connectivity index (χ0n) is 14.3. The molecule has 1 aliphatic carbocycles. The minimum atomic E-state index is 0.0693. The highest BCUT2D eigenvalue weighted by Crippen LogP contribution is 2.40. The molecule has 2 N–H and O–H groups in total. The molecule has 3 heteroatoms. The number of rotatable bonds is 4. The number of carbonyl (C=O) groups is 1. The van der Waals surface area contributed by atoms with Gasteiger partial charge in [0.05, 0.1) is 0 Å². The number of hydrogen-bond acceptors (Lipinski definition) is 2. The highest BCUT2D eigenvalue weighted by Gasteiger charge is 2.38. The Morgan fingerprint density at radius 2 is 1.91 bits per heavy atom. The number of carbonyl (C=O) groups excluding carboxylic acids is 1. The monoisotopic (exact) mass is 314 g/mol. The molecule has 1 aromatic carbocycles. The molecule has 1 saturated heterocycles. The number of nitrogens with zero attached hydrogens (tertiary/aromatic N) is 1. The summed E-state index contributed by atoms with van der Waals surface area (Å²) in [5, 5.41) is 0. The van der Waals surface area contributed by atoms with Gasteiger partial charge in [-0.05, 0) is 43.7 Å². The van der Waals surface area contributed by atoms with Crippen LogP contribution >= 0.6 is 0 Å². The van der Waals surface area contributed by atoms with Gasteiger partial charge in [-0.15, -0.1) is 0 Å². The van der Waals surface area contributed by atoms with Crippen LogP contribution in [0.3, 0.4) is 0 Å². The van der Waals surface area contributed by atoms with E-state index in [0.29, 0.717) is 30.8 Å². The Kier molecular flexibility index (Phi) is 5.05. The highest BCUT2D eigenvalue weighted by atomic mass is 16.2. The van der Waals surface area contributed by atoms with Crippen molar-refractivity contribution in [2.24, 2.45) is 11.1 Å². The summed E-state index contributed by atoms with van der Waals surface area (Å²) in [7, 11) is 0. The Morgan fingerprint density at radius 1 is 1.22 bits per heavy atom. The first-order chi connectivity index (χ1) is 11.1. The van der Waals surface area contributed by atoms with E-state index in [-0.39, 0.29) is 5.41 Å². The molecule has 2 fully saturated rings. The third-order valence-corrected chi connectivity index (χ3v) is 6.04. The van der Waals surface area contributed by atoms with E-state index in [0.717, 1.165) is 25.8 Å². The maximum atomic E-state index is 12.9. The van der Waals surface area contributed by atoms with Crippen molar-refractivity contribution in [3.63, 3.8) is 0 Å². The maximum Gasteiger partial charge on any atom is 0.223 e. The van der Waals surface area contributed by atoms with Crippen molar-refractivity contribution in [1.82, 2.24) is 4.90 Å². The summed E-state index contributed by atoms with van der Waals surface area (Å²) in [5.74, 6) is 0.804. The van der Waals surface area contributed by atoms with Gasteiger partial charge in [-0.3, -0.25) is 4.79 Å². The van der Waals surface area contributed by atoms with Gasteiger partial charge in [0.15, 0.2) is 0 Å². The summed E-state index contributed by atoms with van der Waals surface area (Å²) in [6, 6.07) is 11.0. The van der Waals surface area contributed by atoms with Gasteiger partial charge in [-0.2, -0.15) is 0 Å². The van der Waals surface area contributed by atoms with Gasteiger partial charge in [-0.1, -0.05) is 49.6 Å². The van der Waals surface area contributed by atoms with Gasteiger partial charge in [-0.25, -0.2) is 0 Å². The predicted octanol–water partition coefficient (Wildman–Crippen LogP) is 3.69. The summed E-state index contributed by atoms with van der Waals surface area (Å²) < 4.78 is 0. The van der Waals surface area contributed by atoms with Crippen LogP contribution in [0, 0.1) is 5.41 Å². The van der Waals surface area contributed by atoms with Gasteiger partial charge in [0.1, 0.15) is 0 Å². The van der Waals surface area contributed by atoms with Crippen molar-refractivity contribution in [2.45, 2.75) is 63.8 Å². The first-order valence-electron chi connectivity index (χ1n) is 9.18. The lowest BCUT2D eigenvalue weighted by atomic mass is 9.71. The topological polar surface area (TPSA) is 46.3 Å². The Labute approximate surface area is 140 Å². The van der Waals surface area contributed by atoms with E-state index in [9.17, 15) is 4.79 Å². The smallest absolute Gasteiger partial charge is 0.223 e. The van der Waals surface area contributed by atoms with E-state index in [4.69, 9.17) is 5.73 Å². The Morgan fingerprint density at radius 3 is 2.57 bits per heavy atom. The van der Waals surface area contributed by atoms with Crippen LogP contribution in [-0.4, -0.2) is 29.9 Å². The van der Waals surface area contributed by atoms with Gasteiger partial charge in [0.25, 0.3) is 0 Å². The minimum absolute atomic E-state index is 0.0693. The quantitative estimate of drug-likeness (QED) is 0.921. The molecular weight excluding hydrogens is 284 g/mol. The van der Waals surface area contributed by atoms with E-state index in [1.54, 1.807) is 0 Å². The molecule has 0 bridgehead atoms. The minimum Gasteiger partial charge on any atom is -0.339 e. The average Bonchev–Trinajstić information content (AvgIpc) is 2.98. The lowest BCUT2D eigenvalue weighted by Gasteiger charge is -2.37. The van der Waals surface area contributed by atoms with E-state index < -0.39 is 0 Å². The Bertz CT molecular complexity index is 522. The molecule has 1 amide bonds. The highest BCUT2D eigenvalue weighted by molar-refractivity contribution is 5.77. The van der Waals surface area contributed by atoms with Gasteiger partial charge >= 0.3 is 0 Å². The molecule has 2 aliphatic rings. The third kappa shape index (κ3) is 3.60. The molecule has 126 valence electrons. The molecule has 1 heterocycles. The molecule has 0 spiro atoms. The normalized spacial score (nSPS) is 27.1. The third-order valence-electron chi connectivity index (χ3n) is 6.04. The van der Waals surface area contributed by atoms with Gasteiger partial charge in [0, 0.05) is 24.9 Å². The van der Waals surface area contributed by atoms with Crippen molar-refractivity contribution in [3.8, 4) is 0 Å². The number of hydrogen-bond donors (Lipinski definition) is 1. The van der Waals surface area contributed by atoms with Crippen LogP contribution in [0.1, 0.15) is 63.4 Å². The average molecular weight is 314 g/mol. The van der Waals surface area contributed by atoms with Crippen molar-refractivity contribution in [2.75, 3.05) is 13.1 Å². The molecule has 1 aliphatic heterocycles. The number of amides is 1. The number of nitrogens with two attached hydrogens (primary N) is 1. The largest absolute Gasteiger partial charge is 0.339 e. The molecular formula is C20H30N2O. The maximum absolute atomic E-state index is 12.9. The van der Waals surface area contributed by atoms with Crippen LogP contribution < -0.4 is 5.73 Å².